The van der Waals surface area contributed by atoms with Crippen LogP contribution in [0.5, 0.6) is 11.5 Å². The van der Waals surface area contributed by atoms with Gasteiger partial charge in [-0.2, -0.15) is 0 Å². The van der Waals surface area contributed by atoms with Crippen LogP contribution in [-0.2, 0) is 9.53 Å². The van der Waals surface area contributed by atoms with Crippen molar-refractivity contribution < 1.29 is 23.8 Å². The van der Waals surface area contributed by atoms with E-state index in [0.717, 1.165) is 6.42 Å². The Labute approximate surface area is 147 Å². The summed E-state index contributed by atoms with van der Waals surface area (Å²) in [5, 5.41) is 5.29. The maximum Gasteiger partial charge on any atom is 0.319 e. The molecule has 1 fully saturated rings. The summed E-state index contributed by atoms with van der Waals surface area (Å²) in [6.07, 6.45) is 0.875. The number of carbonyl (C=O) groups excluding carboxylic acids is 2. The lowest BCUT2D eigenvalue weighted by atomic mass is 9.89. The summed E-state index contributed by atoms with van der Waals surface area (Å²) in [5.74, 6) is -0.0353. The molecule has 2 rings (SSSR count). The summed E-state index contributed by atoms with van der Waals surface area (Å²) in [7, 11) is 1.54. The third-order valence-electron chi connectivity index (χ3n) is 3.82. The van der Waals surface area contributed by atoms with E-state index in [1.54, 1.807) is 32.2 Å². The van der Waals surface area contributed by atoms with E-state index < -0.39 is 24.0 Å². The van der Waals surface area contributed by atoms with Crippen molar-refractivity contribution in [3.63, 3.8) is 0 Å². The molecule has 1 aromatic rings. The van der Waals surface area contributed by atoms with Gasteiger partial charge in [-0.25, -0.2) is 4.79 Å². The highest BCUT2D eigenvalue weighted by atomic mass is 16.5. The second-order valence-corrected chi connectivity index (χ2v) is 5.59. The molecule has 0 aliphatic carbocycles. The fraction of sp³-hybridized carbons (Fsp3) is 0.444. The van der Waals surface area contributed by atoms with Gasteiger partial charge < -0.3 is 24.8 Å². The molecule has 2 amide bonds. The normalized spacial score (nSPS) is 19.6. The van der Waals surface area contributed by atoms with Gasteiger partial charge in [0.2, 0.25) is 0 Å². The molecule has 0 radical (unpaired) electrons. The van der Waals surface area contributed by atoms with Gasteiger partial charge in [-0.05, 0) is 31.0 Å². The number of hydrogen-bond acceptors (Lipinski definition) is 5. The molecule has 1 aliphatic heterocycles. The Morgan fingerprint density at radius 3 is 2.68 bits per heavy atom. The summed E-state index contributed by atoms with van der Waals surface area (Å²) in [6.45, 7) is 8.36. The van der Waals surface area contributed by atoms with Crippen molar-refractivity contribution in [1.29, 1.82) is 0 Å². The van der Waals surface area contributed by atoms with E-state index in [1.165, 1.54) is 0 Å². The standard InChI is InChI=1S/C18H24N2O5/c1-5-9-25-13-8-7-12(10-14(13)23-4)16-15(17(21)24-6-2)11(3)19-18(22)20-16/h7-8,10,15-16H,3,5-6,9H2,1-2,4H3,(H2,19,20,22)/t15-,16+/m0/s1. The van der Waals surface area contributed by atoms with Crippen LogP contribution in [0, 0.1) is 5.92 Å². The Morgan fingerprint density at radius 1 is 1.28 bits per heavy atom. The quantitative estimate of drug-likeness (QED) is 0.740. The Hall–Kier alpha value is -2.70. The first-order valence-corrected chi connectivity index (χ1v) is 8.25. The molecule has 1 aromatic carbocycles. The fourth-order valence-corrected chi connectivity index (χ4v) is 2.68. The first-order chi connectivity index (χ1) is 12.0. The lowest BCUT2D eigenvalue weighted by Gasteiger charge is -2.33. The Kier molecular flexibility index (Phi) is 6.27. The zero-order valence-corrected chi connectivity index (χ0v) is 14.8. The Morgan fingerprint density at radius 2 is 2.04 bits per heavy atom. The number of urea groups is 1. The minimum Gasteiger partial charge on any atom is -0.493 e. The zero-order valence-electron chi connectivity index (χ0n) is 14.8. The number of carbonyl (C=O) groups is 2. The molecular formula is C18H24N2O5. The van der Waals surface area contributed by atoms with Crippen LogP contribution in [0.4, 0.5) is 4.79 Å². The molecule has 136 valence electrons. The Bertz CT molecular complexity index is 659. The second-order valence-electron chi connectivity index (χ2n) is 5.59. The summed E-state index contributed by atoms with van der Waals surface area (Å²) >= 11 is 0. The monoisotopic (exact) mass is 348 g/mol. The lowest BCUT2D eigenvalue weighted by molar-refractivity contribution is -0.147. The Balaban J connectivity index is 2.36. The van der Waals surface area contributed by atoms with E-state index in [0.29, 0.717) is 29.4 Å². The number of benzene rings is 1. The SMILES string of the molecule is C=C1NC(=O)N[C@H](c2ccc(OCCC)c(OC)c2)[C@H]1C(=O)OCC. The highest BCUT2D eigenvalue weighted by molar-refractivity contribution is 5.85. The van der Waals surface area contributed by atoms with Crippen molar-refractivity contribution in [3.05, 3.63) is 36.0 Å². The lowest BCUT2D eigenvalue weighted by Crippen LogP contribution is -2.51. The van der Waals surface area contributed by atoms with Crippen LogP contribution >= 0.6 is 0 Å². The zero-order chi connectivity index (χ0) is 18.4. The van der Waals surface area contributed by atoms with Crippen LogP contribution in [0.2, 0.25) is 0 Å². The average molecular weight is 348 g/mol. The molecule has 2 N–H and O–H groups in total. The maximum absolute atomic E-state index is 12.3. The van der Waals surface area contributed by atoms with Crippen LogP contribution in [0.15, 0.2) is 30.5 Å². The van der Waals surface area contributed by atoms with Crippen LogP contribution in [0.1, 0.15) is 31.9 Å². The van der Waals surface area contributed by atoms with Crippen LogP contribution in [-0.4, -0.2) is 32.3 Å². The molecule has 1 heterocycles. The van der Waals surface area contributed by atoms with E-state index in [2.05, 4.69) is 17.2 Å². The van der Waals surface area contributed by atoms with E-state index in [1.807, 2.05) is 6.92 Å². The molecule has 25 heavy (non-hydrogen) atoms. The van der Waals surface area contributed by atoms with E-state index in [4.69, 9.17) is 14.2 Å². The van der Waals surface area contributed by atoms with Gasteiger partial charge in [-0.3, -0.25) is 4.79 Å². The summed E-state index contributed by atoms with van der Waals surface area (Å²) in [6, 6.07) is 4.29. The van der Waals surface area contributed by atoms with Gasteiger partial charge in [-0.1, -0.05) is 19.6 Å². The molecule has 0 aromatic heterocycles. The molecule has 7 nitrogen and oxygen atoms in total. The van der Waals surface area contributed by atoms with Gasteiger partial charge >= 0.3 is 12.0 Å². The predicted octanol–water partition coefficient (Wildman–Crippen LogP) is 2.53. The first-order valence-electron chi connectivity index (χ1n) is 8.25. The van der Waals surface area contributed by atoms with Gasteiger partial charge in [0.15, 0.2) is 11.5 Å². The van der Waals surface area contributed by atoms with Gasteiger partial charge in [0.1, 0.15) is 5.92 Å². The maximum atomic E-state index is 12.3. The van der Waals surface area contributed by atoms with Gasteiger partial charge in [0.05, 0.1) is 26.4 Å². The first kappa shape index (κ1) is 18.6. The van der Waals surface area contributed by atoms with Crippen molar-refractivity contribution >= 4 is 12.0 Å². The number of rotatable bonds is 7. The van der Waals surface area contributed by atoms with Crippen molar-refractivity contribution in [3.8, 4) is 11.5 Å². The van der Waals surface area contributed by atoms with Crippen LogP contribution in [0.3, 0.4) is 0 Å². The predicted molar refractivity (Wildman–Crippen MR) is 92.5 cm³/mol. The highest BCUT2D eigenvalue weighted by Crippen LogP contribution is 2.35. The van der Waals surface area contributed by atoms with Crippen molar-refractivity contribution in [2.45, 2.75) is 26.3 Å². The van der Waals surface area contributed by atoms with Gasteiger partial charge in [0.25, 0.3) is 0 Å². The molecule has 0 saturated carbocycles. The van der Waals surface area contributed by atoms with Crippen molar-refractivity contribution in [1.82, 2.24) is 10.6 Å². The molecule has 0 spiro atoms. The molecular weight excluding hydrogens is 324 g/mol. The molecule has 2 atom stereocenters. The number of hydrogen-bond donors (Lipinski definition) is 2. The molecule has 0 unspecified atom stereocenters. The smallest absolute Gasteiger partial charge is 0.319 e. The van der Waals surface area contributed by atoms with Crippen molar-refractivity contribution in [2.24, 2.45) is 5.92 Å². The largest absolute Gasteiger partial charge is 0.493 e. The number of nitrogens with one attached hydrogen (secondary N) is 2. The van der Waals surface area contributed by atoms with Crippen molar-refractivity contribution in [2.75, 3.05) is 20.3 Å². The van der Waals surface area contributed by atoms with E-state index >= 15 is 0 Å². The van der Waals surface area contributed by atoms with E-state index in [9.17, 15) is 9.59 Å². The number of ether oxygens (including phenoxy) is 3. The molecule has 0 bridgehead atoms. The van der Waals surface area contributed by atoms with Crippen LogP contribution < -0.4 is 20.1 Å². The minimum atomic E-state index is -0.732. The van der Waals surface area contributed by atoms with Gasteiger partial charge in [0, 0.05) is 5.70 Å². The molecule has 7 heteroatoms. The summed E-state index contributed by atoms with van der Waals surface area (Å²) in [4.78, 5) is 24.2. The topological polar surface area (TPSA) is 85.9 Å². The van der Waals surface area contributed by atoms with Crippen LogP contribution in [0.25, 0.3) is 0 Å². The highest BCUT2D eigenvalue weighted by Gasteiger charge is 2.39. The fourth-order valence-electron chi connectivity index (χ4n) is 2.68. The second kappa shape index (κ2) is 8.41. The number of esters is 1. The number of amides is 2. The minimum absolute atomic E-state index is 0.246. The average Bonchev–Trinajstić information content (AvgIpc) is 2.59. The van der Waals surface area contributed by atoms with E-state index in [-0.39, 0.29) is 6.61 Å². The summed E-state index contributed by atoms with van der Waals surface area (Å²) < 4.78 is 16.1. The number of methoxy groups -OCH3 is 1. The third kappa shape index (κ3) is 4.23. The van der Waals surface area contributed by atoms with Gasteiger partial charge in [-0.15, -0.1) is 0 Å². The molecule has 1 aliphatic rings. The molecule has 1 saturated heterocycles. The summed E-state index contributed by atoms with van der Waals surface area (Å²) in [5.41, 5.74) is 1.01. The third-order valence-corrected chi connectivity index (χ3v) is 3.82.